The minimum atomic E-state index is -0.758. The van der Waals surface area contributed by atoms with Crippen LogP contribution in [0, 0.1) is 23.7 Å². The van der Waals surface area contributed by atoms with Crippen molar-refractivity contribution in [2.24, 2.45) is 23.7 Å². The Morgan fingerprint density at radius 1 is 0.946 bits per heavy atom. The maximum Gasteiger partial charge on any atom is 0.338 e. The third-order valence-corrected chi connectivity index (χ3v) is 7.23. The minimum Gasteiger partial charge on any atom is -0.462 e. The van der Waals surface area contributed by atoms with Gasteiger partial charge in [0.25, 0.3) is 5.91 Å². The van der Waals surface area contributed by atoms with Gasteiger partial charge in [-0.15, -0.1) is 0 Å². The van der Waals surface area contributed by atoms with Gasteiger partial charge in [0.2, 0.25) is 11.8 Å². The third-order valence-electron chi connectivity index (χ3n) is 7.23. The quantitative estimate of drug-likeness (QED) is 0.350. The molecule has 2 bridgehead atoms. The second-order valence-corrected chi connectivity index (χ2v) is 9.45. The van der Waals surface area contributed by atoms with Crippen LogP contribution >= 0.6 is 0 Å². The van der Waals surface area contributed by atoms with E-state index in [2.05, 4.69) is 11.4 Å². The minimum absolute atomic E-state index is 0.0875. The zero-order valence-electron chi connectivity index (χ0n) is 20.4. The molecule has 2 aliphatic carbocycles. The molecule has 9 heteroatoms. The van der Waals surface area contributed by atoms with Crippen LogP contribution in [0.1, 0.15) is 41.0 Å². The highest BCUT2D eigenvalue weighted by atomic mass is 16.5. The number of ether oxygens (including phenoxy) is 2. The second kappa shape index (κ2) is 9.65. The average molecular weight is 503 g/mol. The molecule has 190 valence electrons. The fourth-order valence-electron chi connectivity index (χ4n) is 5.62. The molecule has 5 rings (SSSR count). The molecular weight excluding hydrogens is 476 g/mol. The van der Waals surface area contributed by atoms with E-state index in [4.69, 9.17) is 9.47 Å². The summed E-state index contributed by atoms with van der Waals surface area (Å²) in [6, 6.07) is 12.2. The highest BCUT2D eigenvalue weighted by Crippen LogP contribution is 2.55. The van der Waals surface area contributed by atoms with Crippen LogP contribution in [0.15, 0.2) is 60.2 Å². The summed E-state index contributed by atoms with van der Waals surface area (Å²) in [6.07, 6.45) is 2.95. The van der Waals surface area contributed by atoms with E-state index in [1.54, 1.807) is 19.1 Å². The Balaban J connectivity index is 1.20. The largest absolute Gasteiger partial charge is 0.462 e. The van der Waals surface area contributed by atoms with Crippen molar-refractivity contribution in [2.75, 3.05) is 23.4 Å². The number of imide groups is 1. The Bertz CT molecular complexity index is 1330. The molecule has 0 aromatic heterocycles. The van der Waals surface area contributed by atoms with Crippen LogP contribution in [0.25, 0.3) is 0 Å². The normalized spacial score (nSPS) is 23.5. The topological polar surface area (TPSA) is 119 Å². The Morgan fingerprint density at radius 3 is 2.38 bits per heavy atom. The van der Waals surface area contributed by atoms with E-state index < -0.39 is 24.5 Å². The van der Waals surface area contributed by atoms with Gasteiger partial charge in [-0.3, -0.25) is 14.4 Å². The van der Waals surface area contributed by atoms with Gasteiger partial charge < -0.3 is 14.8 Å². The monoisotopic (exact) mass is 502 g/mol. The molecule has 37 heavy (non-hydrogen) atoms. The van der Waals surface area contributed by atoms with Crippen LogP contribution in [0.5, 0.6) is 0 Å². The summed E-state index contributed by atoms with van der Waals surface area (Å²) in [5.74, 6) is -2.74. The molecule has 2 fully saturated rings. The van der Waals surface area contributed by atoms with E-state index >= 15 is 0 Å². The number of nitrogens with one attached hydrogen (secondary N) is 1. The molecule has 0 spiro atoms. The van der Waals surface area contributed by atoms with Gasteiger partial charge in [-0.25, -0.2) is 14.5 Å². The van der Waals surface area contributed by atoms with Gasteiger partial charge in [-0.05, 0) is 74.6 Å². The van der Waals surface area contributed by atoms with Gasteiger partial charge in [0.15, 0.2) is 6.61 Å². The van der Waals surface area contributed by atoms with Crippen LogP contribution < -0.4 is 10.2 Å². The second-order valence-electron chi connectivity index (χ2n) is 9.45. The Kier molecular flexibility index (Phi) is 6.37. The molecule has 1 saturated carbocycles. The first-order valence-electron chi connectivity index (χ1n) is 12.2. The van der Waals surface area contributed by atoms with Crippen molar-refractivity contribution in [1.82, 2.24) is 0 Å². The number of allylic oxidation sites excluding steroid dienone is 2. The third kappa shape index (κ3) is 4.41. The van der Waals surface area contributed by atoms with Crippen molar-refractivity contribution in [1.29, 1.82) is 0 Å². The molecule has 4 atom stereocenters. The summed E-state index contributed by atoms with van der Waals surface area (Å²) in [4.78, 5) is 64.1. The number of amides is 3. The summed E-state index contributed by atoms with van der Waals surface area (Å²) >= 11 is 0. The first kappa shape index (κ1) is 24.4. The number of anilines is 2. The molecule has 9 nitrogen and oxygen atoms in total. The summed E-state index contributed by atoms with van der Waals surface area (Å²) in [5, 5.41) is 2.58. The number of fused-ring (bicyclic) bond motifs is 5. The molecule has 1 heterocycles. The summed E-state index contributed by atoms with van der Waals surface area (Å²) in [5.41, 5.74) is 2.39. The lowest BCUT2D eigenvalue weighted by Gasteiger charge is -2.19. The van der Waals surface area contributed by atoms with Crippen LogP contribution in [-0.4, -0.2) is 42.9 Å². The molecule has 1 aliphatic heterocycles. The smallest absolute Gasteiger partial charge is 0.338 e. The zero-order valence-corrected chi connectivity index (χ0v) is 20.4. The molecule has 2 aromatic carbocycles. The molecule has 0 unspecified atom stereocenters. The molecule has 1 N–H and O–H groups in total. The number of rotatable bonds is 7. The summed E-state index contributed by atoms with van der Waals surface area (Å²) in [7, 11) is 0. The standard InChI is InChI=1S/C28H26N2O7/c1-3-36-27(34)16-7-9-19(10-8-16)29-22(31)14-37-28(35)17-5-4-6-20(12-17)30-25(32)23-18-11-15(2)21(13-18)24(23)26(30)33/h4-12,18,21,23-24H,3,13-14H2,1-2H3,(H,29,31)/t18-,21+,23+,24-/m0/s1. The van der Waals surface area contributed by atoms with Crippen molar-refractivity contribution in [3.63, 3.8) is 0 Å². The molecule has 2 aromatic rings. The Hall–Kier alpha value is -4.27. The van der Waals surface area contributed by atoms with Crippen molar-refractivity contribution in [3.8, 4) is 0 Å². The van der Waals surface area contributed by atoms with E-state index in [-0.39, 0.29) is 47.7 Å². The maximum atomic E-state index is 13.2. The van der Waals surface area contributed by atoms with Gasteiger partial charge in [0.1, 0.15) is 0 Å². The number of hydrogen-bond acceptors (Lipinski definition) is 7. The van der Waals surface area contributed by atoms with Crippen LogP contribution in [0.4, 0.5) is 11.4 Å². The number of hydrogen-bond donors (Lipinski definition) is 1. The van der Waals surface area contributed by atoms with Crippen LogP contribution in [0.2, 0.25) is 0 Å². The highest BCUT2D eigenvalue weighted by molar-refractivity contribution is 6.23. The van der Waals surface area contributed by atoms with Crippen molar-refractivity contribution >= 4 is 41.0 Å². The predicted octanol–water partition coefficient (Wildman–Crippen LogP) is 3.36. The molecule has 0 radical (unpaired) electrons. The van der Waals surface area contributed by atoms with Gasteiger partial charge in [0, 0.05) is 5.69 Å². The fourth-order valence-corrected chi connectivity index (χ4v) is 5.62. The van der Waals surface area contributed by atoms with E-state index in [1.165, 1.54) is 46.9 Å². The average Bonchev–Trinajstić information content (AvgIpc) is 3.53. The molecule has 1 saturated heterocycles. The van der Waals surface area contributed by atoms with Crippen molar-refractivity contribution < 1.29 is 33.4 Å². The predicted molar refractivity (Wildman–Crippen MR) is 133 cm³/mol. The fraction of sp³-hybridized carbons (Fsp3) is 0.321. The number of benzene rings is 2. The van der Waals surface area contributed by atoms with Crippen LogP contribution in [-0.2, 0) is 23.9 Å². The summed E-state index contributed by atoms with van der Waals surface area (Å²) < 4.78 is 10.1. The first-order valence-corrected chi connectivity index (χ1v) is 12.2. The van der Waals surface area contributed by atoms with Gasteiger partial charge in [-0.1, -0.05) is 17.7 Å². The number of carbonyl (C=O) groups excluding carboxylic acids is 5. The lowest BCUT2D eigenvalue weighted by atomic mass is 9.82. The lowest BCUT2D eigenvalue weighted by Crippen LogP contribution is -2.33. The molecule has 3 aliphatic rings. The van der Waals surface area contributed by atoms with Gasteiger partial charge >= 0.3 is 11.9 Å². The van der Waals surface area contributed by atoms with Crippen molar-refractivity contribution in [3.05, 3.63) is 71.3 Å². The van der Waals surface area contributed by atoms with E-state index in [1.807, 2.05) is 6.92 Å². The number of esters is 2. The SMILES string of the molecule is CCOC(=O)c1ccc(NC(=O)COC(=O)c2cccc(N3C(=O)[C@@H]4[C@H](C3=O)[C@H]3C=C(C)[C@H]4C3)c2)cc1. The number of carbonyl (C=O) groups is 5. The molecule has 3 amide bonds. The number of nitrogens with zero attached hydrogens (tertiary/aromatic N) is 1. The Morgan fingerprint density at radius 2 is 1.65 bits per heavy atom. The first-order chi connectivity index (χ1) is 17.8. The van der Waals surface area contributed by atoms with Crippen molar-refractivity contribution in [2.45, 2.75) is 20.3 Å². The maximum absolute atomic E-state index is 13.2. The van der Waals surface area contributed by atoms with Gasteiger partial charge in [0.05, 0.1) is 35.3 Å². The Labute approximate surface area is 213 Å². The summed E-state index contributed by atoms with van der Waals surface area (Å²) in [6.45, 7) is 3.44. The zero-order chi connectivity index (χ0) is 26.3. The van der Waals surface area contributed by atoms with E-state index in [0.29, 0.717) is 16.9 Å². The van der Waals surface area contributed by atoms with Gasteiger partial charge in [-0.2, -0.15) is 0 Å². The lowest BCUT2D eigenvalue weighted by molar-refractivity contribution is -0.123. The van der Waals surface area contributed by atoms with E-state index in [9.17, 15) is 24.0 Å². The highest BCUT2D eigenvalue weighted by Gasteiger charge is 2.60. The van der Waals surface area contributed by atoms with Crippen LogP contribution in [0.3, 0.4) is 0 Å². The van der Waals surface area contributed by atoms with E-state index in [0.717, 1.165) is 6.42 Å². The molecular formula is C28H26N2O7.